The maximum atomic E-state index is 12.1. The van der Waals surface area contributed by atoms with Gasteiger partial charge in [0.25, 0.3) is 0 Å². The predicted molar refractivity (Wildman–Crippen MR) is 68.1 cm³/mol. The first kappa shape index (κ1) is 12.9. The second-order valence-corrected chi connectivity index (χ2v) is 5.32. The zero-order valence-corrected chi connectivity index (χ0v) is 11.3. The molecule has 0 fully saturated rings. The fourth-order valence-electron chi connectivity index (χ4n) is 1.21. The Bertz CT molecular complexity index is 419. The van der Waals surface area contributed by atoms with Gasteiger partial charge in [0.15, 0.2) is 0 Å². The smallest absolute Gasteiger partial charge is 0.220 e. The van der Waals surface area contributed by atoms with Gasteiger partial charge in [0.2, 0.25) is 5.78 Å². The van der Waals surface area contributed by atoms with Crippen LogP contribution in [0.2, 0.25) is 0 Å². The molecule has 0 amide bonds. The fourth-order valence-corrected chi connectivity index (χ4v) is 2.24. The van der Waals surface area contributed by atoms with Crippen molar-refractivity contribution in [2.75, 3.05) is 14.1 Å². The third kappa shape index (κ3) is 2.50. The molecule has 0 saturated heterocycles. The summed E-state index contributed by atoms with van der Waals surface area (Å²) < 4.78 is 0. The number of carbonyl (C=O) groups is 1. The fraction of sp³-hybridized carbons (Fsp3) is 0.500. The number of allylic oxidation sites excluding steroid dienone is 1. The van der Waals surface area contributed by atoms with E-state index in [1.165, 1.54) is 11.3 Å². The summed E-state index contributed by atoms with van der Waals surface area (Å²) in [5, 5.41) is 1.01. The molecule has 0 N–H and O–H groups in total. The summed E-state index contributed by atoms with van der Waals surface area (Å²) in [4.78, 5) is 18.9. The second kappa shape index (κ2) is 4.78. The highest BCUT2D eigenvalue weighted by Gasteiger charge is 2.19. The summed E-state index contributed by atoms with van der Waals surface area (Å²) in [5.74, 6) is 0.338. The lowest BCUT2D eigenvalue weighted by Gasteiger charge is -2.13. The Morgan fingerprint density at radius 2 is 2.00 bits per heavy atom. The Morgan fingerprint density at radius 1 is 1.44 bits per heavy atom. The number of carbonyl (C=O) groups excluding carboxylic acids is 1. The molecule has 0 bridgehead atoms. The van der Waals surface area contributed by atoms with E-state index in [1.54, 1.807) is 4.90 Å². The van der Waals surface area contributed by atoms with Gasteiger partial charge in [-0.25, -0.2) is 4.98 Å². The molecule has 0 unspecified atom stereocenters. The average Bonchev–Trinajstić information content (AvgIpc) is 2.58. The third-order valence-corrected chi connectivity index (χ3v) is 3.77. The number of aryl methyl sites for hydroxylation is 1. The summed E-state index contributed by atoms with van der Waals surface area (Å²) in [6, 6.07) is 0. The van der Waals surface area contributed by atoms with E-state index in [4.69, 9.17) is 0 Å². The molecule has 1 aromatic rings. The quantitative estimate of drug-likeness (QED) is 0.597. The maximum Gasteiger partial charge on any atom is 0.220 e. The molecule has 0 aliphatic heterocycles. The van der Waals surface area contributed by atoms with Crippen LogP contribution in [0.1, 0.15) is 40.1 Å². The summed E-state index contributed by atoms with van der Waals surface area (Å²) in [7, 11) is 3.64. The summed E-state index contributed by atoms with van der Waals surface area (Å²) >= 11 is 1.47. The van der Waals surface area contributed by atoms with Crippen molar-refractivity contribution in [1.29, 1.82) is 0 Å². The standard InChI is InChI=1S/C12H18N2OS/c1-7(2)12-13-8(3)11(16-12)10(15)9(4)14(5)6/h7H,4H2,1-3,5-6H3. The van der Waals surface area contributed by atoms with Crippen LogP contribution < -0.4 is 0 Å². The Labute approximate surface area is 101 Å². The van der Waals surface area contributed by atoms with Crippen LogP contribution in [0.4, 0.5) is 0 Å². The van der Waals surface area contributed by atoms with Crippen LogP contribution in [-0.2, 0) is 0 Å². The molecule has 0 atom stereocenters. The lowest BCUT2D eigenvalue weighted by Crippen LogP contribution is -2.18. The van der Waals surface area contributed by atoms with Crippen LogP contribution in [0.5, 0.6) is 0 Å². The van der Waals surface area contributed by atoms with Crippen molar-refractivity contribution in [3.8, 4) is 0 Å². The number of likely N-dealkylation sites (N-methyl/N-ethyl adjacent to an activating group) is 1. The van der Waals surface area contributed by atoms with Crippen molar-refractivity contribution in [3.05, 3.63) is 27.9 Å². The Hall–Kier alpha value is -1.16. The largest absolute Gasteiger partial charge is 0.375 e. The first-order valence-electron chi connectivity index (χ1n) is 5.22. The van der Waals surface area contributed by atoms with Gasteiger partial charge in [-0.05, 0) is 6.92 Å². The van der Waals surface area contributed by atoms with Gasteiger partial charge < -0.3 is 4.90 Å². The predicted octanol–water partition coefficient (Wildman–Crippen LogP) is 2.83. The van der Waals surface area contributed by atoms with Crippen LogP contribution in [-0.4, -0.2) is 29.8 Å². The minimum absolute atomic E-state index is 0.0214. The van der Waals surface area contributed by atoms with Gasteiger partial charge in [-0.15, -0.1) is 11.3 Å². The van der Waals surface area contributed by atoms with Crippen LogP contribution in [0, 0.1) is 6.92 Å². The molecule has 16 heavy (non-hydrogen) atoms. The summed E-state index contributed by atoms with van der Waals surface area (Å²) in [6.07, 6.45) is 0. The number of ketones is 1. The van der Waals surface area contributed by atoms with E-state index in [0.717, 1.165) is 10.7 Å². The van der Waals surface area contributed by atoms with E-state index < -0.39 is 0 Å². The molecule has 0 aromatic carbocycles. The highest BCUT2D eigenvalue weighted by atomic mass is 32.1. The molecular weight excluding hydrogens is 220 g/mol. The van der Waals surface area contributed by atoms with Crippen LogP contribution in [0.25, 0.3) is 0 Å². The number of aromatic nitrogens is 1. The molecule has 0 aliphatic rings. The lowest BCUT2D eigenvalue weighted by atomic mass is 10.2. The first-order valence-corrected chi connectivity index (χ1v) is 6.04. The molecule has 3 nitrogen and oxygen atoms in total. The summed E-state index contributed by atoms with van der Waals surface area (Å²) in [5.41, 5.74) is 1.31. The zero-order chi connectivity index (χ0) is 12.5. The van der Waals surface area contributed by atoms with Gasteiger partial charge in [0.1, 0.15) is 0 Å². The van der Waals surface area contributed by atoms with Crippen LogP contribution in [0.3, 0.4) is 0 Å². The zero-order valence-electron chi connectivity index (χ0n) is 10.5. The number of Topliss-reactive ketones (excluding diaryl/α,β-unsaturated/α-hetero) is 1. The minimum Gasteiger partial charge on any atom is -0.375 e. The van der Waals surface area contributed by atoms with E-state index >= 15 is 0 Å². The molecule has 1 rings (SSSR count). The van der Waals surface area contributed by atoms with Crippen LogP contribution in [0.15, 0.2) is 12.3 Å². The van der Waals surface area contributed by atoms with E-state index in [9.17, 15) is 4.79 Å². The second-order valence-electron chi connectivity index (χ2n) is 4.29. The molecule has 1 heterocycles. The molecule has 1 aromatic heterocycles. The van der Waals surface area contributed by atoms with Gasteiger partial charge in [-0.3, -0.25) is 4.79 Å². The molecule has 0 radical (unpaired) electrons. The normalized spacial score (nSPS) is 10.6. The Kier molecular flexibility index (Phi) is 3.86. The average molecular weight is 238 g/mol. The van der Waals surface area contributed by atoms with Crippen molar-refractivity contribution in [2.24, 2.45) is 0 Å². The van der Waals surface area contributed by atoms with Gasteiger partial charge in [-0.1, -0.05) is 20.4 Å². The van der Waals surface area contributed by atoms with E-state index in [0.29, 0.717) is 16.5 Å². The molecule has 0 saturated carbocycles. The minimum atomic E-state index is -0.0214. The number of hydrogen-bond acceptors (Lipinski definition) is 4. The van der Waals surface area contributed by atoms with E-state index in [1.807, 2.05) is 21.0 Å². The monoisotopic (exact) mass is 238 g/mol. The Morgan fingerprint density at radius 3 is 2.38 bits per heavy atom. The molecule has 88 valence electrons. The molecular formula is C12H18N2OS. The van der Waals surface area contributed by atoms with Gasteiger partial charge >= 0.3 is 0 Å². The van der Waals surface area contributed by atoms with Crippen molar-refractivity contribution in [1.82, 2.24) is 9.88 Å². The summed E-state index contributed by atoms with van der Waals surface area (Å²) in [6.45, 7) is 9.81. The first-order chi connectivity index (χ1) is 7.34. The van der Waals surface area contributed by atoms with Crippen molar-refractivity contribution >= 4 is 17.1 Å². The van der Waals surface area contributed by atoms with Crippen molar-refractivity contribution < 1.29 is 4.79 Å². The SMILES string of the molecule is C=C(C(=O)c1sc(C(C)C)nc1C)N(C)C. The topological polar surface area (TPSA) is 33.2 Å². The lowest BCUT2D eigenvalue weighted by molar-refractivity contribution is 0.101. The van der Waals surface area contributed by atoms with E-state index in [2.05, 4.69) is 25.4 Å². The highest BCUT2D eigenvalue weighted by Crippen LogP contribution is 2.26. The number of thiazole rings is 1. The third-order valence-electron chi connectivity index (χ3n) is 2.32. The maximum absolute atomic E-state index is 12.1. The number of rotatable bonds is 4. The Balaban J connectivity index is 3.05. The van der Waals surface area contributed by atoms with Gasteiger partial charge in [0.05, 0.1) is 21.3 Å². The van der Waals surface area contributed by atoms with E-state index in [-0.39, 0.29) is 5.78 Å². The van der Waals surface area contributed by atoms with Gasteiger partial charge in [0, 0.05) is 20.0 Å². The van der Waals surface area contributed by atoms with Crippen molar-refractivity contribution in [3.63, 3.8) is 0 Å². The number of nitrogens with zero attached hydrogens (tertiary/aromatic N) is 2. The number of hydrogen-bond donors (Lipinski definition) is 0. The van der Waals surface area contributed by atoms with Crippen molar-refractivity contribution in [2.45, 2.75) is 26.7 Å². The molecule has 0 aliphatic carbocycles. The molecule has 0 spiro atoms. The highest BCUT2D eigenvalue weighted by molar-refractivity contribution is 7.14. The van der Waals surface area contributed by atoms with Gasteiger partial charge in [-0.2, -0.15) is 0 Å². The molecule has 4 heteroatoms. The van der Waals surface area contributed by atoms with Crippen LogP contribution >= 0.6 is 11.3 Å².